The Morgan fingerprint density at radius 1 is 1.32 bits per heavy atom. The normalized spacial score (nSPS) is 23.1. The monoisotopic (exact) mass is 261 g/mol. The lowest BCUT2D eigenvalue weighted by molar-refractivity contribution is 0.0674. The Hall–Kier alpha value is -1.75. The van der Waals surface area contributed by atoms with Gasteiger partial charge in [0.05, 0.1) is 26.4 Å². The van der Waals surface area contributed by atoms with E-state index in [1.54, 1.807) is 0 Å². The topological polar surface area (TPSA) is 60.1 Å². The van der Waals surface area contributed by atoms with Crippen molar-refractivity contribution in [2.45, 2.75) is 5.92 Å². The maximum absolute atomic E-state index is 6.03. The molecule has 1 saturated heterocycles. The number of para-hydroxylation sites is 1. The molecule has 1 atom stereocenters. The summed E-state index contributed by atoms with van der Waals surface area (Å²) in [7, 11) is 0. The zero-order chi connectivity index (χ0) is 13.1. The fraction of sp³-hybridized carbons (Fsp3) is 0.500. The molecule has 2 aliphatic rings. The van der Waals surface area contributed by atoms with E-state index in [1.165, 1.54) is 5.56 Å². The first-order valence-electron chi connectivity index (χ1n) is 6.69. The molecule has 0 radical (unpaired) electrons. The summed E-state index contributed by atoms with van der Waals surface area (Å²) >= 11 is 0. The van der Waals surface area contributed by atoms with Gasteiger partial charge in [0.2, 0.25) is 0 Å². The third-order valence-corrected chi connectivity index (χ3v) is 3.61. The van der Waals surface area contributed by atoms with Gasteiger partial charge < -0.3 is 20.1 Å². The van der Waals surface area contributed by atoms with Crippen LogP contribution < -0.4 is 10.5 Å². The van der Waals surface area contributed by atoms with Gasteiger partial charge in [0.15, 0.2) is 5.96 Å². The lowest BCUT2D eigenvalue weighted by Crippen LogP contribution is -2.45. The van der Waals surface area contributed by atoms with Gasteiger partial charge in [-0.3, -0.25) is 4.99 Å². The van der Waals surface area contributed by atoms with E-state index in [9.17, 15) is 0 Å². The summed E-state index contributed by atoms with van der Waals surface area (Å²) in [5, 5.41) is 0. The van der Waals surface area contributed by atoms with Crippen LogP contribution in [-0.2, 0) is 4.74 Å². The second-order valence-corrected chi connectivity index (χ2v) is 4.84. The van der Waals surface area contributed by atoms with Crippen molar-refractivity contribution < 1.29 is 9.47 Å². The van der Waals surface area contributed by atoms with E-state index in [2.05, 4.69) is 16.0 Å². The summed E-state index contributed by atoms with van der Waals surface area (Å²) in [6, 6.07) is 8.14. The van der Waals surface area contributed by atoms with E-state index in [0.717, 1.165) is 32.1 Å². The summed E-state index contributed by atoms with van der Waals surface area (Å²) in [5.41, 5.74) is 7.26. The third-order valence-electron chi connectivity index (χ3n) is 3.61. The van der Waals surface area contributed by atoms with Gasteiger partial charge in [-0.05, 0) is 6.07 Å². The number of hydrogen-bond acceptors (Lipinski definition) is 3. The van der Waals surface area contributed by atoms with Crippen LogP contribution in [0.5, 0.6) is 5.75 Å². The minimum absolute atomic E-state index is 0.316. The van der Waals surface area contributed by atoms with Crippen LogP contribution >= 0.6 is 0 Å². The third kappa shape index (κ3) is 2.66. The number of hydrogen-bond donors (Lipinski definition) is 1. The molecule has 3 rings (SSSR count). The minimum atomic E-state index is 0.316. The first-order valence-corrected chi connectivity index (χ1v) is 6.69. The number of ether oxygens (including phenoxy) is 2. The quantitative estimate of drug-likeness (QED) is 0.632. The van der Waals surface area contributed by atoms with E-state index in [1.807, 2.05) is 18.2 Å². The van der Waals surface area contributed by atoms with Gasteiger partial charge in [0, 0.05) is 24.6 Å². The number of guanidine groups is 1. The van der Waals surface area contributed by atoms with Crippen molar-refractivity contribution >= 4 is 5.96 Å². The van der Waals surface area contributed by atoms with E-state index in [-0.39, 0.29) is 0 Å². The second-order valence-electron chi connectivity index (χ2n) is 4.84. The molecule has 0 amide bonds. The molecule has 5 heteroatoms. The SMILES string of the molecule is NC(=NCC1COc2ccccc21)N1CCOCC1. The molecule has 19 heavy (non-hydrogen) atoms. The lowest BCUT2D eigenvalue weighted by atomic mass is 10.0. The van der Waals surface area contributed by atoms with Crippen molar-refractivity contribution in [3.8, 4) is 5.75 Å². The minimum Gasteiger partial charge on any atom is -0.493 e. The summed E-state index contributed by atoms with van der Waals surface area (Å²) in [4.78, 5) is 6.59. The smallest absolute Gasteiger partial charge is 0.191 e. The first-order chi connectivity index (χ1) is 9.34. The van der Waals surface area contributed by atoms with Gasteiger partial charge in [0.1, 0.15) is 5.75 Å². The highest BCUT2D eigenvalue weighted by molar-refractivity contribution is 5.78. The van der Waals surface area contributed by atoms with E-state index < -0.39 is 0 Å². The molecule has 1 fully saturated rings. The molecule has 1 aromatic rings. The molecule has 2 aliphatic heterocycles. The highest BCUT2D eigenvalue weighted by Gasteiger charge is 2.23. The van der Waals surface area contributed by atoms with Gasteiger partial charge in [-0.1, -0.05) is 18.2 Å². The zero-order valence-corrected chi connectivity index (χ0v) is 10.9. The molecule has 0 spiro atoms. The number of nitrogens with zero attached hydrogens (tertiary/aromatic N) is 2. The van der Waals surface area contributed by atoms with Crippen LogP contribution in [0.1, 0.15) is 11.5 Å². The molecular formula is C14H19N3O2. The largest absolute Gasteiger partial charge is 0.493 e. The second kappa shape index (κ2) is 5.48. The van der Waals surface area contributed by atoms with Crippen molar-refractivity contribution in [2.75, 3.05) is 39.5 Å². The highest BCUT2D eigenvalue weighted by atomic mass is 16.5. The van der Waals surface area contributed by atoms with E-state index >= 15 is 0 Å². The fourth-order valence-electron chi connectivity index (χ4n) is 2.48. The predicted octanol–water partition coefficient (Wildman–Crippen LogP) is 0.809. The van der Waals surface area contributed by atoms with Crippen molar-refractivity contribution in [1.82, 2.24) is 4.90 Å². The average Bonchev–Trinajstić information content (AvgIpc) is 2.89. The molecule has 0 saturated carbocycles. The van der Waals surface area contributed by atoms with Crippen molar-refractivity contribution in [3.05, 3.63) is 29.8 Å². The molecule has 102 valence electrons. The molecule has 2 heterocycles. The van der Waals surface area contributed by atoms with Crippen molar-refractivity contribution in [1.29, 1.82) is 0 Å². The zero-order valence-electron chi connectivity index (χ0n) is 10.9. The van der Waals surface area contributed by atoms with Gasteiger partial charge in [-0.15, -0.1) is 0 Å². The number of morpholine rings is 1. The number of aliphatic imine (C=N–C) groups is 1. The lowest BCUT2D eigenvalue weighted by Gasteiger charge is -2.27. The first kappa shape index (κ1) is 12.3. The van der Waals surface area contributed by atoms with Crippen LogP contribution in [0.4, 0.5) is 0 Å². The maximum atomic E-state index is 6.03. The van der Waals surface area contributed by atoms with Crippen LogP contribution in [0.25, 0.3) is 0 Å². The highest BCUT2D eigenvalue weighted by Crippen LogP contribution is 2.33. The Kier molecular flexibility index (Phi) is 3.55. The van der Waals surface area contributed by atoms with Crippen LogP contribution in [-0.4, -0.2) is 50.3 Å². The standard InChI is InChI=1S/C14H19N3O2/c15-14(17-5-7-18-8-6-17)16-9-11-10-19-13-4-2-1-3-12(11)13/h1-4,11H,5-10H2,(H2,15,16). The Morgan fingerprint density at radius 3 is 2.95 bits per heavy atom. The summed E-state index contributed by atoms with van der Waals surface area (Å²) in [6.45, 7) is 4.48. The number of fused-ring (bicyclic) bond motifs is 1. The van der Waals surface area contributed by atoms with E-state index in [0.29, 0.717) is 25.0 Å². The average molecular weight is 261 g/mol. The Bertz CT molecular complexity index is 470. The number of nitrogens with two attached hydrogens (primary N) is 1. The summed E-state index contributed by atoms with van der Waals surface area (Å²) in [5.74, 6) is 1.91. The fourth-order valence-corrected chi connectivity index (χ4v) is 2.48. The van der Waals surface area contributed by atoms with Gasteiger partial charge >= 0.3 is 0 Å². The van der Waals surface area contributed by atoms with Crippen LogP contribution in [0, 0.1) is 0 Å². The van der Waals surface area contributed by atoms with Gasteiger partial charge in [-0.2, -0.15) is 0 Å². The van der Waals surface area contributed by atoms with Crippen molar-refractivity contribution in [2.24, 2.45) is 10.7 Å². The summed E-state index contributed by atoms with van der Waals surface area (Å²) < 4.78 is 10.9. The number of rotatable bonds is 2. The Morgan fingerprint density at radius 2 is 2.11 bits per heavy atom. The van der Waals surface area contributed by atoms with Gasteiger partial charge in [-0.25, -0.2) is 0 Å². The van der Waals surface area contributed by atoms with Crippen LogP contribution in [0.3, 0.4) is 0 Å². The number of benzene rings is 1. The molecular weight excluding hydrogens is 242 g/mol. The van der Waals surface area contributed by atoms with Crippen molar-refractivity contribution in [3.63, 3.8) is 0 Å². The Balaban J connectivity index is 1.63. The van der Waals surface area contributed by atoms with Crippen LogP contribution in [0.15, 0.2) is 29.3 Å². The molecule has 0 bridgehead atoms. The molecule has 0 aromatic heterocycles. The van der Waals surface area contributed by atoms with Crippen LogP contribution in [0.2, 0.25) is 0 Å². The Labute approximate surface area is 113 Å². The summed E-state index contributed by atoms with van der Waals surface area (Å²) in [6.07, 6.45) is 0. The molecule has 1 unspecified atom stereocenters. The molecule has 1 aromatic carbocycles. The van der Waals surface area contributed by atoms with Gasteiger partial charge in [0.25, 0.3) is 0 Å². The predicted molar refractivity (Wildman–Crippen MR) is 73.6 cm³/mol. The molecule has 0 aliphatic carbocycles. The molecule has 5 nitrogen and oxygen atoms in total. The maximum Gasteiger partial charge on any atom is 0.191 e. The van der Waals surface area contributed by atoms with E-state index in [4.69, 9.17) is 15.2 Å². The molecule has 2 N–H and O–H groups in total.